The minimum atomic E-state index is -1.62. The van der Waals surface area contributed by atoms with Crippen molar-refractivity contribution in [3.8, 4) is 11.5 Å². The van der Waals surface area contributed by atoms with E-state index in [1.807, 2.05) is 0 Å². The number of hydrogen-bond donors (Lipinski definition) is 5. The molecule has 1 aliphatic heterocycles. The van der Waals surface area contributed by atoms with Crippen molar-refractivity contribution in [2.75, 3.05) is 6.61 Å². The number of hydrogen-bond acceptors (Lipinski definition) is 9. The maximum absolute atomic E-state index is 11.3. The van der Waals surface area contributed by atoms with E-state index in [0.717, 1.165) is 0 Å². The molecule has 1 aromatic carbocycles. The predicted octanol–water partition coefficient (Wildman–Crippen LogP) is -1.32. The van der Waals surface area contributed by atoms with Crippen LogP contribution in [0.2, 0.25) is 0 Å². The Morgan fingerprint density at radius 1 is 1.08 bits per heavy atom. The third kappa shape index (κ3) is 2.95. The van der Waals surface area contributed by atoms with Crippen molar-refractivity contribution in [3.63, 3.8) is 0 Å². The first-order valence-corrected chi connectivity index (χ1v) is 7.15. The first-order chi connectivity index (χ1) is 11.4. The van der Waals surface area contributed by atoms with E-state index in [4.69, 9.17) is 19.0 Å². The van der Waals surface area contributed by atoms with Crippen LogP contribution in [-0.2, 0) is 4.74 Å². The number of ether oxygens (including phenoxy) is 2. The monoisotopic (exact) mass is 340 g/mol. The molecular formula is C15H16O9. The molecule has 0 spiro atoms. The summed E-state index contributed by atoms with van der Waals surface area (Å²) in [4.78, 5) is 11.3. The van der Waals surface area contributed by atoms with Crippen molar-refractivity contribution in [2.45, 2.75) is 30.7 Å². The largest absolute Gasteiger partial charge is 0.504 e. The quantitative estimate of drug-likeness (QED) is 0.429. The summed E-state index contributed by atoms with van der Waals surface area (Å²) in [5.41, 5.74) is -0.452. The predicted molar refractivity (Wildman–Crippen MR) is 78.5 cm³/mol. The Hall–Kier alpha value is -2.17. The van der Waals surface area contributed by atoms with Gasteiger partial charge in [-0.25, -0.2) is 4.79 Å². The number of rotatable bonds is 3. The van der Waals surface area contributed by atoms with E-state index in [0.29, 0.717) is 5.39 Å². The molecule has 9 heteroatoms. The van der Waals surface area contributed by atoms with Crippen LogP contribution in [0.25, 0.3) is 11.0 Å². The molecule has 1 saturated heterocycles. The van der Waals surface area contributed by atoms with Gasteiger partial charge in [-0.1, -0.05) is 0 Å². The molecule has 0 bridgehead atoms. The standard InChI is InChI=1S/C15H16O9/c16-5-10-12(19)13(20)14(21)15(24-10)23-9-4-8-6(3-7(9)17)1-2-11(18)22-8/h1-4,10,12-17,19-21H,5H2/t10-,12-,13+,14-,15?/m1/s1. The minimum Gasteiger partial charge on any atom is -0.504 e. The average molecular weight is 340 g/mol. The maximum Gasteiger partial charge on any atom is 0.336 e. The molecule has 0 aliphatic carbocycles. The maximum atomic E-state index is 11.3. The molecule has 0 saturated carbocycles. The number of fused-ring (bicyclic) bond motifs is 1. The van der Waals surface area contributed by atoms with Crippen LogP contribution in [0.4, 0.5) is 0 Å². The molecule has 2 aromatic rings. The van der Waals surface area contributed by atoms with E-state index in [9.17, 15) is 25.2 Å². The zero-order valence-corrected chi connectivity index (χ0v) is 12.3. The van der Waals surface area contributed by atoms with Gasteiger partial charge in [-0.05, 0) is 12.1 Å². The Morgan fingerprint density at radius 2 is 1.83 bits per heavy atom. The van der Waals surface area contributed by atoms with E-state index in [1.54, 1.807) is 0 Å². The molecule has 2 heterocycles. The molecule has 0 amide bonds. The van der Waals surface area contributed by atoms with Crippen molar-refractivity contribution in [1.29, 1.82) is 0 Å². The fourth-order valence-corrected chi connectivity index (χ4v) is 2.47. The van der Waals surface area contributed by atoms with Crippen LogP contribution >= 0.6 is 0 Å². The lowest BCUT2D eigenvalue weighted by molar-refractivity contribution is -0.277. The highest BCUT2D eigenvalue weighted by Gasteiger charge is 2.44. The molecule has 9 nitrogen and oxygen atoms in total. The average Bonchev–Trinajstić information content (AvgIpc) is 2.56. The minimum absolute atomic E-state index is 0.139. The van der Waals surface area contributed by atoms with Crippen LogP contribution < -0.4 is 10.4 Å². The number of phenolic OH excluding ortho intramolecular Hbond substituents is 1. The van der Waals surface area contributed by atoms with Crippen molar-refractivity contribution in [1.82, 2.24) is 0 Å². The van der Waals surface area contributed by atoms with Crippen molar-refractivity contribution >= 4 is 11.0 Å². The molecule has 1 fully saturated rings. The molecule has 0 radical (unpaired) electrons. The van der Waals surface area contributed by atoms with Gasteiger partial charge in [0.15, 0.2) is 11.5 Å². The molecule has 1 aromatic heterocycles. The van der Waals surface area contributed by atoms with E-state index in [2.05, 4.69) is 0 Å². The first-order valence-electron chi connectivity index (χ1n) is 7.15. The second-order valence-corrected chi connectivity index (χ2v) is 5.43. The Kier molecular flexibility index (Phi) is 4.43. The third-order valence-corrected chi connectivity index (χ3v) is 3.79. The highest BCUT2D eigenvalue weighted by molar-refractivity contribution is 5.80. The van der Waals surface area contributed by atoms with Crippen LogP contribution in [-0.4, -0.2) is 62.8 Å². The third-order valence-electron chi connectivity index (χ3n) is 3.79. The van der Waals surface area contributed by atoms with Crippen LogP contribution in [0.1, 0.15) is 0 Å². The van der Waals surface area contributed by atoms with Crippen molar-refractivity contribution in [2.24, 2.45) is 0 Å². The molecular weight excluding hydrogens is 324 g/mol. The van der Waals surface area contributed by atoms with Gasteiger partial charge in [0.05, 0.1) is 6.61 Å². The first kappa shape index (κ1) is 16.7. The number of phenols is 1. The van der Waals surface area contributed by atoms with E-state index in [1.165, 1.54) is 24.3 Å². The van der Waals surface area contributed by atoms with Crippen LogP contribution in [0.5, 0.6) is 11.5 Å². The fourth-order valence-electron chi connectivity index (χ4n) is 2.47. The second-order valence-electron chi connectivity index (χ2n) is 5.43. The van der Waals surface area contributed by atoms with Gasteiger partial charge >= 0.3 is 5.63 Å². The Bertz CT molecular complexity index is 784. The Balaban J connectivity index is 1.90. The summed E-state index contributed by atoms with van der Waals surface area (Å²) in [6, 6.07) is 5.17. The number of aliphatic hydroxyl groups excluding tert-OH is 4. The molecule has 5 N–H and O–H groups in total. The van der Waals surface area contributed by atoms with Gasteiger partial charge in [0, 0.05) is 17.5 Å². The number of benzene rings is 1. The van der Waals surface area contributed by atoms with E-state index >= 15 is 0 Å². The summed E-state index contributed by atoms with van der Waals surface area (Å²) in [5.74, 6) is -0.477. The summed E-state index contributed by atoms with van der Waals surface area (Å²) >= 11 is 0. The molecule has 1 aliphatic rings. The molecule has 3 rings (SSSR count). The van der Waals surface area contributed by atoms with Crippen LogP contribution in [0.15, 0.2) is 33.5 Å². The molecule has 24 heavy (non-hydrogen) atoms. The highest BCUT2D eigenvalue weighted by Crippen LogP contribution is 2.33. The summed E-state index contributed by atoms with van der Waals surface area (Å²) in [6.45, 7) is -0.608. The van der Waals surface area contributed by atoms with Crippen LogP contribution in [0.3, 0.4) is 0 Å². The lowest BCUT2D eigenvalue weighted by atomic mass is 9.99. The summed E-state index contributed by atoms with van der Waals surface area (Å²) in [5, 5.41) is 49.0. The smallest absolute Gasteiger partial charge is 0.336 e. The molecule has 1 unspecified atom stereocenters. The van der Waals surface area contributed by atoms with Gasteiger partial charge in [0.2, 0.25) is 6.29 Å². The SMILES string of the molecule is O=c1ccc2cc(O)c(OC3O[C@H](CO)[C@@H](O)[C@H](O)[C@H]3O)cc2o1. The van der Waals surface area contributed by atoms with Gasteiger partial charge in [-0.15, -0.1) is 0 Å². The summed E-state index contributed by atoms with van der Waals surface area (Å²) in [6.07, 6.45) is -7.36. The normalized spacial score (nSPS) is 30.4. The van der Waals surface area contributed by atoms with Gasteiger partial charge in [-0.2, -0.15) is 0 Å². The lowest BCUT2D eigenvalue weighted by Crippen LogP contribution is -2.60. The number of aliphatic hydroxyl groups is 4. The summed E-state index contributed by atoms with van der Waals surface area (Å²) < 4.78 is 15.5. The molecule has 130 valence electrons. The fraction of sp³-hybridized carbons (Fsp3) is 0.400. The van der Waals surface area contributed by atoms with E-state index in [-0.39, 0.29) is 17.1 Å². The zero-order valence-electron chi connectivity index (χ0n) is 12.3. The van der Waals surface area contributed by atoms with Crippen molar-refractivity contribution in [3.05, 3.63) is 34.7 Å². The van der Waals surface area contributed by atoms with E-state index < -0.39 is 42.9 Å². The summed E-state index contributed by atoms with van der Waals surface area (Å²) in [7, 11) is 0. The van der Waals surface area contributed by atoms with Gasteiger partial charge in [0.25, 0.3) is 0 Å². The Labute approximate surface area is 134 Å². The van der Waals surface area contributed by atoms with Gasteiger partial charge in [-0.3, -0.25) is 0 Å². The second kappa shape index (κ2) is 6.38. The topological polar surface area (TPSA) is 150 Å². The van der Waals surface area contributed by atoms with Gasteiger partial charge in [0.1, 0.15) is 30.0 Å². The highest BCUT2D eigenvalue weighted by atomic mass is 16.7. The van der Waals surface area contributed by atoms with Crippen LogP contribution in [0, 0.1) is 0 Å². The number of aromatic hydroxyl groups is 1. The molecule has 5 atom stereocenters. The Morgan fingerprint density at radius 3 is 2.54 bits per heavy atom. The lowest BCUT2D eigenvalue weighted by Gasteiger charge is -2.39. The zero-order chi connectivity index (χ0) is 17.4. The van der Waals surface area contributed by atoms with Gasteiger partial charge < -0.3 is 39.4 Å². The van der Waals surface area contributed by atoms with Crippen molar-refractivity contribution < 1.29 is 39.4 Å².